The molecule has 0 aliphatic heterocycles. The molecule has 0 saturated heterocycles. The average molecular weight is 1010 g/mol. The molecule has 60 heavy (non-hydrogen) atoms. The van der Waals surface area contributed by atoms with Gasteiger partial charge in [0.25, 0.3) is 6.79 Å². The van der Waals surface area contributed by atoms with E-state index in [-0.39, 0.29) is 26.8 Å². The van der Waals surface area contributed by atoms with Crippen molar-refractivity contribution in [1.82, 2.24) is 0 Å². The van der Waals surface area contributed by atoms with E-state index in [1.165, 1.54) is 47.7 Å². The molecule has 0 saturated carbocycles. The van der Waals surface area contributed by atoms with Gasteiger partial charge in [0, 0.05) is 0 Å². The van der Waals surface area contributed by atoms with Gasteiger partial charge >= 0.3 is 21.1 Å². The molecule has 0 amide bonds. The molecule has 0 aliphatic rings. The van der Waals surface area contributed by atoms with E-state index in [9.17, 15) is 0 Å². The van der Waals surface area contributed by atoms with Crippen LogP contribution in [0.2, 0.25) is 0 Å². The van der Waals surface area contributed by atoms with Crippen molar-refractivity contribution < 1.29 is 31.6 Å². The number of hydrogen-bond donors (Lipinski definition) is 0. The normalized spacial score (nSPS) is 10.1. The average Bonchev–Trinajstić information content (AvgIpc) is 3.34. The first kappa shape index (κ1) is 45.7. The van der Waals surface area contributed by atoms with Gasteiger partial charge in [0.2, 0.25) is 0 Å². The molecule has 2 radical (unpaired) electrons. The van der Waals surface area contributed by atoms with Gasteiger partial charge in [-0.3, -0.25) is 4.79 Å². The van der Waals surface area contributed by atoms with Crippen LogP contribution in [0.1, 0.15) is 5.71 Å². The number of carbonyl (C=O) groups excluding carboxylic acids is 1. The summed E-state index contributed by atoms with van der Waals surface area (Å²) in [5.74, 6) is 0. The van der Waals surface area contributed by atoms with E-state index in [1.807, 2.05) is 0 Å². The minimum atomic E-state index is -0.446. The van der Waals surface area contributed by atoms with Crippen molar-refractivity contribution in [2.45, 2.75) is 0 Å². The number of benzene rings is 9. The van der Waals surface area contributed by atoms with Gasteiger partial charge in [0.05, 0.1) is 0 Å². The summed E-state index contributed by atoms with van der Waals surface area (Å²) in [6.07, 6.45) is 0. The summed E-state index contributed by atoms with van der Waals surface area (Å²) in [4.78, 5) is 7.50. The number of hydrogen-bond acceptors (Lipinski definition) is 1. The smallest absolute Gasteiger partial charge is 1.00 e. The van der Waals surface area contributed by atoms with Gasteiger partial charge in [-0.1, -0.05) is 273 Å². The van der Waals surface area contributed by atoms with Crippen molar-refractivity contribution in [3.05, 3.63) is 273 Å². The fourth-order valence-electron chi connectivity index (χ4n) is 6.54. The quantitative estimate of drug-likeness (QED) is 0.132. The Balaban J connectivity index is 0.000000453. The largest absolute Gasteiger partial charge is 4.00 e. The first-order chi connectivity index (χ1) is 29.3. The van der Waals surface area contributed by atoms with Crippen molar-refractivity contribution in [3.63, 3.8) is 0 Å². The molecule has 0 spiro atoms. The molecule has 0 fully saturated rings. The molecule has 0 aliphatic carbocycles. The fraction of sp³-hybridized carbons (Fsp3) is 0. The monoisotopic (exact) mass is 1010 g/mol. The zero-order chi connectivity index (χ0) is 40.7. The first-order valence-electron chi connectivity index (χ1n) is 19.4. The van der Waals surface area contributed by atoms with Crippen molar-refractivity contribution in [2.24, 2.45) is 0 Å². The van der Waals surface area contributed by atoms with Gasteiger partial charge in [-0.25, -0.2) is 0 Å². The molecule has 1 nitrogen and oxygen atoms in total. The molecule has 9 aromatic carbocycles. The van der Waals surface area contributed by atoms with Crippen molar-refractivity contribution >= 4 is 78.3 Å². The third-order valence-electron chi connectivity index (χ3n) is 9.13. The van der Waals surface area contributed by atoms with Gasteiger partial charge in [0.15, 0.2) is 0 Å². The minimum Gasteiger partial charge on any atom is -1.00 e. The molecule has 0 atom stereocenters. The maximum Gasteiger partial charge on any atom is 4.00 e. The summed E-state index contributed by atoms with van der Waals surface area (Å²) in [5.41, 5.74) is 0. The van der Waals surface area contributed by atoms with Gasteiger partial charge in [0.1, 0.15) is 0 Å². The van der Waals surface area contributed by atoms with Crippen molar-refractivity contribution in [1.29, 1.82) is 0 Å². The summed E-state index contributed by atoms with van der Waals surface area (Å²) in [7, 11) is -1.34. The molecule has 300 valence electrons. The van der Waals surface area contributed by atoms with Crippen LogP contribution in [0, 0.1) is 0 Å². The summed E-state index contributed by atoms with van der Waals surface area (Å²) in [5, 5.41) is 12.6. The van der Waals surface area contributed by atoms with Crippen LogP contribution in [0.5, 0.6) is 0 Å². The molecule has 5 heteroatoms. The molecule has 9 aromatic rings. The van der Waals surface area contributed by atoms with Crippen LogP contribution < -0.4 is 47.7 Å². The Kier molecular flexibility index (Phi) is 19.8. The van der Waals surface area contributed by atoms with Crippen LogP contribution in [-0.2, 0) is 25.9 Å². The topological polar surface area (TPSA) is 17.1 Å². The molecular formula is C55H49OP3Pt. The standard InChI is InChI=1S/3C18H15P.CO.Pt.4H/c3*1-4-10-16(11-5-1)19(17-12-6-2-7-13-17)18-14-8-3-9-15-18;1-2;;;;;/h3*1-15H;;;;;;/q;;;;+4;4*-1. The molecule has 9 rings (SSSR count). The Bertz CT molecular complexity index is 1910. The molecule has 0 unspecified atom stereocenters. The third-order valence-corrected chi connectivity index (χ3v) is 16.5. The molecule has 0 N–H and O–H groups in total. The maximum absolute atomic E-state index is 7.50. The third kappa shape index (κ3) is 13.3. The summed E-state index contributed by atoms with van der Waals surface area (Å²) in [6.45, 7) is 4.50. The maximum atomic E-state index is 7.50. The van der Waals surface area contributed by atoms with Crippen LogP contribution in [0.15, 0.2) is 273 Å². The van der Waals surface area contributed by atoms with Crippen molar-refractivity contribution in [2.75, 3.05) is 0 Å². The Morgan fingerprint density at radius 1 is 0.200 bits per heavy atom. The molecular weight excluding hydrogens is 965 g/mol. The summed E-state index contributed by atoms with van der Waals surface area (Å²) in [6, 6.07) is 97.0. The van der Waals surface area contributed by atoms with Crippen LogP contribution in [0.25, 0.3) is 0 Å². The summed E-state index contributed by atoms with van der Waals surface area (Å²) >= 11 is 0. The Morgan fingerprint density at radius 2 is 0.283 bits per heavy atom. The van der Waals surface area contributed by atoms with E-state index in [1.54, 1.807) is 0 Å². The van der Waals surface area contributed by atoms with Crippen molar-refractivity contribution in [3.8, 4) is 0 Å². The van der Waals surface area contributed by atoms with Gasteiger partial charge < -0.3 is 5.71 Å². The van der Waals surface area contributed by atoms with Crippen LogP contribution in [0.3, 0.4) is 0 Å². The Hall–Kier alpha value is -5.37. The van der Waals surface area contributed by atoms with E-state index >= 15 is 0 Å². The van der Waals surface area contributed by atoms with E-state index in [2.05, 4.69) is 280 Å². The van der Waals surface area contributed by atoms with Crippen LogP contribution >= 0.6 is 23.8 Å². The predicted molar refractivity (Wildman–Crippen MR) is 266 cm³/mol. The minimum absolute atomic E-state index is 0. The SMILES string of the molecule is [C]=O.[H-].[H-].[H-].[H-].[Pt+4].c1ccc(P(c2ccccc2)c2ccccc2)cc1.c1ccc(P(c2ccccc2)c2ccccc2)cc1.c1ccc(P(c2ccccc2)c2ccccc2)cc1. The molecule has 0 bridgehead atoms. The zero-order valence-corrected chi connectivity index (χ0v) is 38.0. The van der Waals surface area contributed by atoms with Gasteiger partial charge in [-0.2, -0.15) is 0 Å². The predicted octanol–water partition coefficient (Wildman–Crippen LogP) is 10.4. The van der Waals surface area contributed by atoms with Crippen LogP contribution in [0.4, 0.5) is 0 Å². The Labute approximate surface area is 380 Å². The first-order valence-corrected chi connectivity index (χ1v) is 23.4. The second-order valence-corrected chi connectivity index (χ2v) is 19.7. The van der Waals surface area contributed by atoms with E-state index in [4.69, 9.17) is 4.79 Å². The number of rotatable bonds is 9. The summed E-state index contributed by atoms with van der Waals surface area (Å²) < 4.78 is 0. The van der Waals surface area contributed by atoms with Gasteiger partial charge in [-0.15, -0.1) is 0 Å². The molecule has 0 aromatic heterocycles. The Morgan fingerprint density at radius 3 is 0.367 bits per heavy atom. The van der Waals surface area contributed by atoms with E-state index in [0.717, 1.165) is 0 Å². The second-order valence-electron chi connectivity index (χ2n) is 13.0. The van der Waals surface area contributed by atoms with Crippen LogP contribution in [-0.4, -0.2) is 6.79 Å². The van der Waals surface area contributed by atoms with E-state index in [0.29, 0.717) is 0 Å². The van der Waals surface area contributed by atoms with E-state index < -0.39 is 23.8 Å². The second kappa shape index (κ2) is 26.0. The zero-order valence-electron chi connectivity index (χ0n) is 37.0. The van der Waals surface area contributed by atoms with Gasteiger partial charge in [-0.05, 0) is 71.5 Å². The molecule has 0 heterocycles. The fourth-order valence-corrected chi connectivity index (χ4v) is 13.5.